The van der Waals surface area contributed by atoms with Gasteiger partial charge in [-0.2, -0.15) is 0 Å². The van der Waals surface area contributed by atoms with Crippen molar-refractivity contribution in [3.63, 3.8) is 0 Å². The van der Waals surface area contributed by atoms with E-state index in [0.29, 0.717) is 0 Å². The number of aliphatic hydroxyl groups is 2. The lowest BCUT2D eigenvalue weighted by molar-refractivity contribution is 0.0994. The van der Waals surface area contributed by atoms with E-state index in [0.717, 1.165) is 6.42 Å². The van der Waals surface area contributed by atoms with Crippen LogP contribution in [0.4, 0.5) is 4.39 Å². The highest BCUT2D eigenvalue weighted by Crippen LogP contribution is 2.23. The van der Waals surface area contributed by atoms with Crippen LogP contribution in [0.15, 0.2) is 12.1 Å². The molecule has 1 aromatic carbocycles. The molecule has 4 nitrogen and oxygen atoms in total. The van der Waals surface area contributed by atoms with E-state index in [9.17, 15) is 9.18 Å². The molecular weight excluding hydrogens is 237 g/mol. The molecule has 0 bridgehead atoms. The van der Waals surface area contributed by atoms with Gasteiger partial charge in [0.15, 0.2) is 5.82 Å². The van der Waals surface area contributed by atoms with Gasteiger partial charge in [-0.3, -0.25) is 4.79 Å². The van der Waals surface area contributed by atoms with E-state index in [-0.39, 0.29) is 10.6 Å². The van der Waals surface area contributed by atoms with E-state index in [4.69, 9.17) is 27.5 Å². The number of nitrogens with two attached hydrogens (primary N) is 1. The van der Waals surface area contributed by atoms with Crippen LogP contribution in [0.5, 0.6) is 0 Å². The zero-order valence-corrected chi connectivity index (χ0v) is 8.91. The zero-order valence-electron chi connectivity index (χ0n) is 8.15. The van der Waals surface area contributed by atoms with Gasteiger partial charge in [-0.25, -0.2) is 4.39 Å². The third-order valence-electron chi connectivity index (χ3n) is 1.93. The number of hydrogen-bond donors (Lipinski definition) is 3. The molecule has 0 saturated carbocycles. The first-order chi connectivity index (χ1) is 7.47. The summed E-state index contributed by atoms with van der Waals surface area (Å²) in [7, 11) is 0. The molecule has 1 aromatic rings. The molecule has 1 radical (unpaired) electrons. The largest absolute Gasteiger partial charge is 0.394 e. The fraction of sp³-hybridized carbons (Fsp3) is 0.200. The number of halogens is 2. The molecule has 0 spiro atoms. The third kappa shape index (κ3) is 2.69. The van der Waals surface area contributed by atoms with Crippen molar-refractivity contribution in [3.8, 4) is 0 Å². The molecule has 6 heteroatoms. The van der Waals surface area contributed by atoms with Crippen LogP contribution in [0.2, 0.25) is 5.02 Å². The molecule has 0 aliphatic rings. The maximum absolute atomic E-state index is 13.5. The Morgan fingerprint density at radius 1 is 1.62 bits per heavy atom. The number of carbonyl (C=O) groups excluding carboxylic acids is 1. The SMILES string of the molecule is NC(=O)c1c([CH][C@H](O)CO)ccc(Cl)c1F. The molecule has 0 saturated heterocycles. The molecule has 4 N–H and O–H groups in total. The highest BCUT2D eigenvalue weighted by atomic mass is 35.5. The predicted octanol–water partition coefficient (Wildman–Crippen LogP) is 0.484. The first-order valence-corrected chi connectivity index (χ1v) is 4.76. The van der Waals surface area contributed by atoms with Crippen molar-refractivity contribution < 1.29 is 19.4 Å². The van der Waals surface area contributed by atoms with Crippen LogP contribution in [0.1, 0.15) is 15.9 Å². The van der Waals surface area contributed by atoms with Crippen molar-refractivity contribution in [2.45, 2.75) is 6.10 Å². The van der Waals surface area contributed by atoms with Gasteiger partial charge in [-0.1, -0.05) is 17.7 Å². The zero-order chi connectivity index (χ0) is 12.3. The van der Waals surface area contributed by atoms with Gasteiger partial charge in [0.2, 0.25) is 0 Å². The van der Waals surface area contributed by atoms with Crippen molar-refractivity contribution in [3.05, 3.63) is 40.5 Å². The van der Waals surface area contributed by atoms with Gasteiger partial charge in [0, 0.05) is 6.42 Å². The fourth-order valence-corrected chi connectivity index (χ4v) is 1.37. The minimum atomic E-state index is -1.20. The van der Waals surface area contributed by atoms with Crippen molar-refractivity contribution in [2.24, 2.45) is 5.73 Å². The second kappa shape index (κ2) is 5.25. The highest BCUT2D eigenvalue weighted by Gasteiger charge is 2.19. The average Bonchev–Trinajstić information content (AvgIpc) is 2.23. The predicted molar refractivity (Wildman–Crippen MR) is 56.4 cm³/mol. The van der Waals surface area contributed by atoms with E-state index < -0.39 is 30.0 Å². The summed E-state index contributed by atoms with van der Waals surface area (Å²) < 4.78 is 13.5. The van der Waals surface area contributed by atoms with Gasteiger partial charge in [0.1, 0.15) is 0 Å². The number of benzene rings is 1. The minimum absolute atomic E-state index is 0.0935. The van der Waals surface area contributed by atoms with Crippen LogP contribution in [-0.4, -0.2) is 28.8 Å². The summed E-state index contributed by atoms with van der Waals surface area (Å²) in [4.78, 5) is 11.0. The summed E-state index contributed by atoms with van der Waals surface area (Å²) in [6.07, 6.45) is -0.0712. The maximum Gasteiger partial charge on any atom is 0.252 e. The third-order valence-corrected chi connectivity index (χ3v) is 2.22. The second-order valence-electron chi connectivity index (χ2n) is 3.11. The van der Waals surface area contributed by atoms with Crippen LogP contribution < -0.4 is 5.73 Å². The molecule has 0 fully saturated rings. The van der Waals surface area contributed by atoms with E-state index in [1.807, 2.05) is 0 Å². The fourth-order valence-electron chi connectivity index (χ4n) is 1.21. The quantitative estimate of drug-likeness (QED) is 0.723. The van der Waals surface area contributed by atoms with Gasteiger partial charge in [0.25, 0.3) is 5.91 Å². The molecule has 16 heavy (non-hydrogen) atoms. The lowest BCUT2D eigenvalue weighted by Crippen LogP contribution is -2.20. The van der Waals surface area contributed by atoms with Gasteiger partial charge in [0.05, 0.1) is 23.3 Å². The van der Waals surface area contributed by atoms with Crippen molar-refractivity contribution in [1.82, 2.24) is 0 Å². The monoisotopic (exact) mass is 246 g/mol. The molecule has 0 aliphatic heterocycles. The van der Waals surface area contributed by atoms with Crippen LogP contribution in [0.3, 0.4) is 0 Å². The normalized spacial score (nSPS) is 12.5. The molecular formula is C10H10ClFNO3. The van der Waals surface area contributed by atoms with Crippen molar-refractivity contribution in [1.29, 1.82) is 0 Å². The van der Waals surface area contributed by atoms with E-state index in [2.05, 4.69) is 0 Å². The molecule has 1 atom stereocenters. The van der Waals surface area contributed by atoms with E-state index >= 15 is 0 Å². The molecule has 0 heterocycles. The average molecular weight is 247 g/mol. The molecule has 1 rings (SSSR count). The highest BCUT2D eigenvalue weighted by molar-refractivity contribution is 6.31. The molecule has 0 unspecified atom stereocenters. The number of carbonyl (C=O) groups is 1. The van der Waals surface area contributed by atoms with Crippen molar-refractivity contribution in [2.75, 3.05) is 6.61 Å². The Hall–Kier alpha value is -1.17. The molecule has 0 aromatic heterocycles. The Morgan fingerprint density at radius 3 is 2.75 bits per heavy atom. The molecule has 0 aliphatic carbocycles. The number of amides is 1. The summed E-state index contributed by atoms with van der Waals surface area (Å²) in [6.45, 7) is -0.539. The summed E-state index contributed by atoms with van der Waals surface area (Å²) in [5.74, 6) is -1.93. The Labute approximate surface area is 96.4 Å². The number of aliphatic hydroxyl groups excluding tert-OH is 2. The number of rotatable bonds is 4. The van der Waals surface area contributed by atoms with Crippen molar-refractivity contribution >= 4 is 17.5 Å². The number of hydrogen-bond acceptors (Lipinski definition) is 3. The lowest BCUT2D eigenvalue weighted by atomic mass is 10.0. The topological polar surface area (TPSA) is 83.6 Å². The Kier molecular flexibility index (Phi) is 4.23. The van der Waals surface area contributed by atoms with E-state index in [1.165, 1.54) is 12.1 Å². The Balaban J connectivity index is 3.18. The van der Waals surface area contributed by atoms with Gasteiger partial charge in [-0.15, -0.1) is 0 Å². The van der Waals surface area contributed by atoms with Crippen LogP contribution in [0.25, 0.3) is 0 Å². The van der Waals surface area contributed by atoms with Crippen LogP contribution in [0, 0.1) is 12.2 Å². The first kappa shape index (κ1) is 12.9. The van der Waals surface area contributed by atoms with Gasteiger partial charge < -0.3 is 15.9 Å². The first-order valence-electron chi connectivity index (χ1n) is 4.39. The minimum Gasteiger partial charge on any atom is -0.394 e. The van der Waals surface area contributed by atoms with E-state index in [1.54, 1.807) is 0 Å². The molecule has 1 amide bonds. The maximum atomic E-state index is 13.5. The standard InChI is InChI=1S/C10H10ClFNO3/c11-7-2-1-5(3-6(15)4-14)8(9(7)12)10(13)16/h1-3,6,14-15H,4H2,(H2,13,16)/t6-/m0/s1. The number of primary amides is 1. The summed E-state index contributed by atoms with van der Waals surface area (Å²) in [5.41, 5.74) is 4.69. The smallest absolute Gasteiger partial charge is 0.252 e. The Bertz CT molecular complexity index is 411. The van der Waals surface area contributed by atoms with Gasteiger partial charge in [-0.05, 0) is 11.6 Å². The Morgan fingerprint density at radius 2 is 2.25 bits per heavy atom. The lowest BCUT2D eigenvalue weighted by Gasteiger charge is -2.11. The summed E-state index contributed by atoms with van der Waals surface area (Å²) in [6, 6.07) is 2.57. The van der Waals surface area contributed by atoms with Gasteiger partial charge >= 0.3 is 0 Å². The van der Waals surface area contributed by atoms with Crippen LogP contribution in [-0.2, 0) is 0 Å². The summed E-state index contributed by atoms with van der Waals surface area (Å²) in [5, 5.41) is 17.6. The molecule has 87 valence electrons. The summed E-state index contributed by atoms with van der Waals surface area (Å²) >= 11 is 5.49. The van der Waals surface area contributed by atoms with Crippen LogP contribution >= 0.6 is 11.6 Å². The second-order valence-corrected chi connectivity index (χ2v) is 3.51.